The summed E-state index contributed by atoms with van der Waals surface area (Å²) >= 11 is 10.7. The monoisotopic (exact) mass is 303 g/mol. The molecular formula is C9H7BrClN3S. The van der Waals surface area contributed by atoms with Crippen LogP contribution in [0.3, 0.4) is 0 Å². The fourth-order valence-corrected chi connectivity index (χ4v) is 2.02. The van der Waals surface area contributed by atoms with Crippen LogP contribution in [0, 0.1) is 0 Å². The van der Waals surface area contributed by atoms with Crippen LogP contribution in [0.4, 0.5) is 5.69 Å². The SMILES string of the molecule is Clc1ncc(NCc2cncs2)cc1Br. The Bertz CT molecular complexity index is 447. The van der Waals surface area contributed by atoms with Gasteiger partial charge in [0.05, 0.1) is 28.4 Å². The predicted octanol–water partition coefficient (Wildman–Crippen LogP) is 3.57. The highest BCUT2D eigenvalue weighted by molar-refractivity contribution is 9.10. The zero-order valence-corrected chi connectivity index (χ0v) is 10.7. The van der Waals surface area contributed by atoms with E-state index >= 15 is 0 Å². The molecule has 0 radical (unpaired) electrons. The lowest BCUT2D eigenvalue weighted by Crippen LogP contribution is -1.97. The van der Waals surface area contributed by atoms with Crippen molar-refractivity contribution in [2.24, 2.45) is 0 Å². The third-order valence-electron chi connectivity index (χ3n) is 1.75. The van der Waals surface area contributed by atoms with E-state index < -0.39 is 0 Å². The van der Waals surface area contributed by atoms with Gasteiger partial charge in [-0.1, -0.05) is 11.6 Å². The minimum absolute atomic E-state index is 0.471. The number of hydrogen-bond donors (Lipinski definition) is 1. The maximum atomic E-state index is 5.79. The van der Waals surface area contributed by atoms with Gasteiger partial charge in [0, 0.05) is 11.1 Å². The molecule has 0 aromatic carbocycles. The van der Waals surface area contributed by atoms with Gasteiger partial charge in [-0.05, 0) is 22.0 Å². The normalized spacial score (nSPS) is 10.3. The summed E-state index contributed by atoms with van der Waals surface area (Å²) in [5, 5.41) is 3.71. The van der Waals surface area contributed by atoms with Gasteiger partial charge in [-0.3, -0.25) is 4.98 Å². The number of rotatable bonds is 3. The Hall–Kier alpha value is -0.650. The fraction of sp³-hybridized carbons (Fsp3) is 0.111. The number of pyridine rings is 1. The van der Waals surface area contributed by atoms with Crippen LogP contribution in [-0.4, -0.2) is 9.97 Å². The maximum absolute atomic E-state index is 5.79. The van der Waals surface area contributed by atoms with Crippen LogP contribution in [0.25, 0.3) is 0 Å². The van der Waals surface area contributed by atoms with E-state index in [-0.39, 0.29) is 0 Å². The van der Waals surface area contributed by atoms with Crippen molar-refractivity contribution in [3.05, 3.63) is 38.5 Å². The number of hydrogen-bond acceptors (Lipinski definition) is 4. The molecule has 0 saturated heterocycles. The van der Waals surface area contributed by atoms with Crippen molar-refractivity contribution in [3.8, 4) is 0 Å². The number of anilines is 1. The number of halogens is 2. The Morgan fingerprint density at radius 3 is 3.00 bits per heavy atom. The van der Waals surface area contributed by atoms with Gasteiger partial charge in [0.15, 0.2) is 0 Å². The third kappa shape index (κ3) is 2.90. The van der Waals surface area contributed by atoms with E-state index in [1.807, 2.05) is 17.8 Å². The van der Waals surface area contributed by atoms with Gasteiger partial charge >= 0.3 is 0 Å². The molecule has 0 spiro atoms. The second-order valence-corrected chi connectivity index (χ2v) is 5.00. The van der Waals surface area contributed by atoms with Crippen LogP contribution in [0.1, 0.15) is 4.88 Å². The summed E-state index contributed by atoms with van der Waals surface area (Å²) in [7, 11) is 0. The summed E-state index contributed by atoms with van der Waals surface area (Å²) in [6.45, 7) is 0.750. The van der Waals surface area contributed by atoms with Gasteiger partial charge in [0.2, 0.25) is 0 Å². The van der Waals surface area contributed by atoms with Crippen LogP contribution in [-0.2, 0) is 6.54 Å². The second-order valence-electron chi connectivity index (χ2n) is 2.82. The van der Waals surface area contributed by atoms with E-state index in [9.17, 15) is 0 Å². The van der Waals surface area contributed by atoms with E-state index in [2.05, 4.69) is 31.2 Å². The molecule has 6 heteroatoms. The topological polar surface area (TPSA) is 37.8 Å². The molecule has 0 amide bonds. The van der Waals surface area contributed by atoms with Gasteiger partial charge in [-0.25, -0.2) is 4.98 Å². The molecule has 78 valence electrons. The number of thiazole rings is 1. The van der Waals surface area contributed by atoms with E-state index in [4.69, 9.17) is 11.6 Å². The molecule has 15 heavy (non-hydrogen) atoms. The molecule has 1 N–H and O–H groups in total. The largest absolute Gasteiger partial charge is 0.379 e. The zero-order valence-electron chi connectivity index (χ0n) is 7.58. The maximum Gasteiger partial charge on any atom is 0.143 e. The van der Waals surface area contributed by atoms with Crippen molar-refractivity contribution in [2.45, 2.75) is 6.54 Å². The average molecular weight is 305 g/mol. The Balaban J connectivity index is 2.02. The molecule has 2 aromatic rings. The molecule has 0 aliphatic rings. The highest BCUT2D eigenvalue weighted by atomic mass is 79.9. The fourth-order valence-electron chi connectivity index (χ4n) is 1.04. The van der Waals surface area contributed by atoms with E-state index in [0.717, 1.165) is 16.7 Å². The molecule has 0 unspecified atom stereocenters. The lowest BCUT2D eigenvalue weighted by Gasteiger charge is -2.04. The number of nitrogens with zero attached hydrogens (tertiary/aromatic N) is 2. The molecule has 0 aliphatic heterocycles. The highest BCUT2D eigenvalue weighted by Crippen LogP contribution is 2.23. The molecule has 0 fully saturated rings. The van der Waals surface area contributed by atoms with Crippen molar-refractivity contribution in [2.75, 3.05) is 5.32 Å². The predicted molar refractivity (Wildman–Crippen MR) is 66.4 cm³/mol. The standard InChI is InChI=1S/C9H7BrClN3S/c10-8-1-6(2-14-9(8)11)13-4-7-3-12-5-15-7/h1-3,5,13H,4H2. The molecule has 0 saturated carbocycles. The van der Waals surface area contributed by atoms with Crippen molar-refractivity contribution in [1.82, 2.24) is 9.97 Å². The summed E-state index contributed by atoms with van der Waals surface area (Å²) in [4.78, 5) is 9.20. The molecular weight excluding hydrogens is 298 g/mol. The van der Waals surface area contributed by atoms with Crippen molar-refractivity contribution in [3.63, 3.8) is 0 Å². The Morgan fingerprint density at radius 1 is 1.47 bits per heavy atom. The molecule has 2 rings (SSSR count). The van der Waals surface area contributed by atoms with Crippen molar-refractivity contribution < 1.29 is 0 Å². The number of aromatic nitrogens is 2. The first-order chi connectivity index (χ1) is 7.25. The summed E-state index contributed by atoms with van der Waals surface area (Å²) in [5.74, 6) is 0. The first-order valence-corrected chi connectivity index (χ1v) is 6.23. The molecule has 2 aromatic heterocycles. The van der Waals surface area contributed by atoms with Crippen LogP contribution >= 0.6 is 38.9 Å². The summed E-state index contributed by atoms with van der Waals surface area (Å²) < 4.78 is 0.790. The molecule has 2 heterocycles. The van der Waals surface area contributed by atoms with Gasteiger partial charge in [0.25, 0.3) is 0 Å². The van der Waals surface area contributed by atoms with E-state index in [0.29, 0.717) is 5.15 Å². The lowest BCUT2D eigenvalue weighted by atomic mass is 10.4. The van der Waals surface area contributed by atoms with Gasteiger partial charge in [0.1, 0.15) is 5.15 Å². The summed E-state index contributed by atoms with van der Waals surface area (Å²) in [6, 6.07) is 1.90. The second kappa shape index (κ2) is 4.92. The average Bonchev–Trinajstić information content (AvgIpc) is 2.73. The molecule has 3 nitrogen and oxygen atoms in total. The van der Waals surface area contributed by atoms with E-state index in [1.165, 1.54) is 4.88 Å². The van der Waals surface area contributed by atoms with Crippen LogP contribution in [0.5, 0.6) is 0 Å². The van der Waals surface area contributed by atoms with Gasteiger partial charge in [-0.2, -0.15) is 0 Å². The minimum Gasteiger partial charge on any atom is -0.379 e. The lowest BCUT2D eigenvalue weighted by molar-refractivity contribution is 1.16. The van der Waals surface area contributed by atoms with Gasteiger partial charge in [-0.15, -0.1) is 11.3 Å². The quantitative estimate of drug-likeness (QED) is 0.881. The third-order valence-corrected chi connectivity index (χ3v) is 3.66. The summed E-state index contributed by atoms with van der Waals surface area (Å²) in [5.41, 5.74) is 2.74. The molecule has 0 aliphatic carbocycles. The van der Waals surface area contributed by atoms with E-state index in [1.54, 1.807) is 17.5 Å². The first kappa shape index (κ1) is 10.9. The molecule has 0 bridgehead atoms. The summed E-state index contributed by atoms with van der Waals surface area (Å²) in [6.07, 6.45) is 3.55. The Kier molecular flexibility index (Phi) is 3.56. The van der Waals surface area contributed by atoms with Gasteiger partial charge < -0.3 is 5.32 Å². The van der Waals surface area contributed by atoms with Crippen LogP contribution in [0.15, 0.2) is 28.4 Å². The number of nitrogens with one attached hydrogen (secondary N) is 1. The van der Waals surface area contributed by atoms with Crippen molar-refractivity contribution in [1.29, 1.82) is 0 Å². The van der Waals surface area contributed by atoms with Crippen LogP contribution < -0.4 is 5.32 Å². The smallest absolute Gasteiger partial charge is 0.143 e. The van der Waals surface area contributed by atoms with Crippen molar-refractivity contribution >= 4 is 44.6 Å². The zero-order chi connectivity index (χ0) is 10.7. The Labute approximate surface area is 105 Å². The minimum atomic E-state index is 0.471. The molecule has 0 atom stereocenters. The van der Waals surface area contributed by atoms with Crippen LogP contribution in [0.2, 0.25) is 5.15 Å². The first-order valence-electron chi connectivity index (χ1n) is 4.18. The highest BCUT2D eigenvalue weighted by Gasteiger charge is 2.00. The Morgan fingerprint density at radius 2 is 2.33 bits per heavy atom.